The maximum atomic E-state index is 4.86. The molecule has 0 aromatic heterocycles. The Kier molecular flexibility index (Phi) is 9.10. The van der Waals surface area contributed by atoms with Crippen molar-refractivity contribution in [3.8, 4) is 0 Å². The third kappa shape index (κ3) is 5.51. The zero-order valence-electron chi connectivity index (χ0n) is 19.8. The number of aliphatic imine (C=N–C) groups is 1. The number of allylic oxidation sites excluding steroid dienone is 3. The maximum absolute atomic E-state index is 4.86. The zero-order chi connectivity index (χ0) is 22.1. The Balaban J connectivity index is 2.48. The molecule has 2 rings (SSSR count). The lowest BCUT2D eigenvalue weighted by Crippen LogP contribution is -2.44. The minimum atomic E-state index is 0.169. The fourth-order valence-corrected chi connectivity index (χ4v) is 4.81. The van der Waals surface area contributed by atoms with Crippen molar-refractivity contribution in [2.75, 3.05) is 27.7 Å². The van der Waals surface area contributed by atoms with E-state index in [0.29, 0.717) is 6.04 Å². The quantitative estimate of drug-likeness (QED) is 0.261. The van der Waals surface area contributed by atoms with Gasteiger partial charge in [-0.3, -0.25) is 4.99 Å². The van der Waals surface area contributed by atoms with Gasteiger partial charge in [-0.2, -0.15) is 0 Å². The Bertz CT molecular complexity index is 752. The molecule has 1 unspecified atom stereocenters. The smallest absolute Gasteiger partial charge is 0.104 e. The summed E-state index contributed by atoms with van der Waals surface area (Å²) >= 11 is 0. The van der Waals surface area contributed by atoms with Crippen LogP contribution in [0.1, 0.15) is 57.9 Å². The largest absolute Gasteiger partial charge is 0.328 e. The molecule has 1 aromatic carbocycles. The van der Waals surface area contributed by atoms with Gasteiger partial charge >= 0.3 is 0 Å². The molecule has 0 bridgehead atoms. The molecular weight excluding hydrogens is 366 g/mol. The lowest BCUT2D eigenvalue weighted by atomic mass is 9.75. The van der Waals surface area contributed by atoms with Crippen molar-refractivity contribution in [2.24, 2.45) is 4.99 Å². The van der Waals surface area contributed by atoms with E-state index in [4.69, 9.17) is 4.99 Å². The first-order valence-corrected chi connectivity index (χ1v) is 11.3. The van der Waals surface area contributed by atoms with Crippen molar-refractivity contribution in [2.45, 2.75) is 63.8 Å². The molecule has 1 atom stereocenters. The van der Waals surface area contributed by atoms with Crippen molar-refractivity contribution in [3.05, 3.63) is 72.5 Å². The van der Waals surface area contributed by atoms with E-state index in [0.717, 1.165) is 36.5 Å². The molecule has 30 heavy (non-hydrogen) atoms. The van der Waals surface area contributed by atoms with Crippen LogP contribution in [0, 0.1) is 0 Å². The standard InChI is InChI=1S/C27H41N3/c1-8-22(4)25(10-3)30(21-24(9-2)29(6)7)26(28-5)20-27(18-14-15-19-27)23-16-12-11-13-17-23/h8,10-13,16-17,24H,1,3,9,14-15,18-21H2,2,4-7H3/b25-22-,28-26-. The van der Waals surface area contributed by atoms with Gasteiger partial charge in [-0.05, 0) is 57.5 Å². The van der Waals surface area contributed by atoms with Crippen molar-refractivity contribution in [1.82, 2.24) is 9.80 Å². The number of amidine groups is 1. The molecular formula is C27H41N3. The monoisotopic (exact) mass is 407 g/mol. The van der Waals surface area contributed by atoms with Crippen molar-refractivity contribution in [1.29, 1.82) is 0 Å². The van der Waals surface area contributed by atoms with E-state index in [1.807, 2.05) is 19.2 Å². The zero-order valence-corrected chi connectivity index (χ0v) is 19.8. The van der Waals surface area contributed by atoms with Crippen molar-refractivity contribution in [3.63, 3.8) is 0 Å². The van der Waals surface area contributed by atoms with Gasteiger partial charge in [0.1, 0.15) is 5.84 Å². The minimum Gasteiger partial charge on any atom is -0.328 e. The number of likely N-dealkylation sites (N-methyl/N-ethyl adjacent to an activating group) is 1. The van der Waals surface area contributed by atoms with E-state index in [9.17, 15) is 0 Å². The van der Waals surface area contributed by atoms with Crippen LogP contribution < -0.4 is 0 Å². The van der Waals surface area contributed by atoms with E-state index >= 15 is 0 Å². The summed E-state index contributed by atoms with van der Waals surface area (Å²) in [6.45, 7) is 13.4. The molecule has 0 heterocycles. The molecule has 1 aliphatic rings. The third-order valence-electron chi connectivity index (χ3n) is 6.80. The highest BCUT2D eigenvalue weighted by Gasteiger charge is 2.38. The second kappa shape index (κ2) is 11.3. The average Bonchev–Trinajstić information content (AvgIpc) is 3.25. The first kappa shape index (κ1) is 24.1. The SMILES string of the molecule is C=C/C(C)=C(/C=C)N(CC(CC)N(C)C)/C(CC1(c2ccccc2)CCCC1)=N\C. The van der Waals surface area contributed by atoms with E-state index in [1.54, 1.807) is 0 Å². The lowest BCUT2D eigenvalue weighted by Gasteiger charge is -2.38. The van der Waals surface area contributed by atoms with Gasteiger partial charge in [-0.1, -0.05) is 69.3 Å². The van der Waals surface area contributed by atoms with Crippen LogP contribution in [0.5, 0.6) is 0 Å². The molecule has 0 N–H and O–H groups in total. The van der Waals surface area contributed by atoms with Crippen LogP contribution in [0.15, 0.2) is 71.9 Å². The van der Waals surface area contributed by atoms with E-state index in [-0.39, 0.29) is 5.41 Å². The predicted octanol–water partition coefficient (Wildman–Crippen LogP) is 6.21. The highest BCUT2D eigenvalue weighted by molar-refractivity contribution is 5.86. The van der Waals surface area contributed by atoms with Crippen LogP contribution >= 0.6 is 0 Å². The Labute approximate surface area is 184 Å². The molecule has 1 aromatic rings. The number of rotatable bonds is 10. The number of benzene rings is 1. The fraction of sp³-hybridized carbons (Fsp3) is 0.519. The van der Waals surface area contributed by atoms with Crippen LogP contribution in [-0.2, 0) is 5.41 Å². The molecule has 0 saturated heterocycles. The molecule has 1 aliphatic carbocycles. The van der Waals surface area contributed by atoms with Gasteiger partial charge < -0.3 is 9.80 Å². The number of hydrogen-bond acceptors (Lipinski definition) is 2. The van der Waals surface area contributed by atoms with Crippen LogP contribution in [0.3, 0.4) is 0 Å². The summed E-state index contributed by atoms with van der Waals surface area (Å²) in [6, 6.07) is 11.5. The average molecular weight is 408 g/mol. The lowest BCUT2D eigenvalue weighted by molar-refractivity contribution is 0.245. The maximum Gasteiger partial charge on any atom is 0.104 e. The van der Waals surface area contributed by atoms with Crippen molar-refractivity contribution < 1.29 is 0 Å². The number of hydrogen-bond donors (Lipinski definition) is 0. The van der Waals surface area contributed by atoms with Gasteiger partial charge in [0, 0.05) is 37.2 Å². The van der Waals surface area contributed by atoms with E-state index in [2.05, 4.69) is 81.2 Å². The molecule has 1 saturated carbocycles. The van der Waals surface area contributed by atoms with Crippen LogP contribution in [-0.4, -0.2) is 49.4 Å². The highest BCUT2D eigenvalue weighted by atomic mass is 15.2. The molecule has 0 radical (unpaired) electrons. The summed E-state index contributed by atoms with van der Waals surface area (Å²) in [4.78, 5) is 9.58. The first-order valence-electron chi connectivity index (χ1n) is 11.3. The van der Waals surface area contributed by atoms with Gasteiger partial charge in [-0.15, -0.1) is 0 Å². The van der Waals surface area contributed by atoms with Gasteiger partial charge in [0.25, 0.3) is 0 Å². The molecule has 3 heteroatoms. The summed E-state index contributed by atoms with van der Waals surface area (Å²) in [5.74, 6) is 1.15. The second-order valence-corrected chi connectivity index (χ2v) is 8.78. The Morgan fingerprint density at radius 3 is 2.23 bits per heavy atom. The van der Waals surface area contributed by atoms with Crippen LogP contribution in [0.4, 0.5) is 0 Å². The normalized spacial score (nSPS) is 18.1. The summed E-state index contributed by atoms with van der Waals surface area (Å²) in [6.07, 6.45) is 11.0. The molecule has 0 aliphatic heterocycles. The molecule has 1 fully saturated rings. The Hall–Kier alpha value is -2.13. The van der Waals surface area contributed by atoms with Gasteiger partial charge in [0.05, 0.1) is 0 Å². The minimum absolute atomic E-state index is 0.169. The third-order valence-corrected chi connectivity index (χ3v) is 6.80. The first-order chi connectivity index (χ1) is 14.4. The van der Waals surface area contributed by atoms with E-state index < -0.39 is 0 Å². The molecule has 0 amide bonds. The summed E-state index contributed by atoms with van der Waals surface area (Å²) < 4.78 is 0. The Morgan fingerprint density at radius 2 is 1.77 bits per heavy atom. The van der Waals surface area contributed by atoms with Crippen LogP contribution in [0.2, 0.25) is 0 Å². The fourth-order valence-electron chi connectivity index (χ4n) is 4.81. The van der Waals surface area contributed by atoms with E-state index in [1.165, 1.54) is 31.2 Å². The second-order valence-electron chi connectivity index (χ2n) is 8.78. The van der Waals surface area contributed by atoms with Gasteiger partial charge in [0.15, 0.2) is 0 Å². The highest BCUT2D eigenvalue weighted by Crippen LogP contribution is 2.44. The van der Waals surface area contributed by atoms with Gasteiger partial charge in [0.2, 0.25) is 0 Å². The molecule has 3 nitrogen and oxygen atoms in total. The summed E-state index contributed by atoms with van der Waals surface area (Å²) in [7, 11) is 6.26. The summed E-state index contributed by atoms with van der Waals surface area (Å²) in [5, 5.41) is 0. The Morgan fingerprint density at radius 1 is 1.13 bits per heavy atom. The molecule has 0 spiro atoms. The van der Waals surface area contributed by atoms with Gasteiger partial charge in [-0.25, -0.2) is 0 Å². The van der Waals surface area contributed by atoms with Crippen molar-refractivity contribution >= 4 is 5.84 Å². The predicted molar refractivity (Wildman–Crippen MR) is 132 cm³/mol. The molecule has 164 valence electrons. The summed E-state index contributed by atoms with van der Waals surface area (Å²) in [5.41, 5.74) is 3.88. The number of nitrogens with zero attached hydrogens (tertiary/aromatic N) is 3. The van der Waals surface area contributed by atoms with Crippen LogP contribution in [0.25, 0.3) is 0 Å². The topological polar surface area (TPSA) is 18.8 Å².